The number of carbonyl (C=O) groups excluding carboxylic acids is 3. The van der Waals surface area contributed by atoms with E-state index in [9.17, 15) is 14.4 Å². The fourth-order valence-corrected chi connectivity index (χ4v) is 2.88. The van der Waals surface area contributed by atoms with Gasteiger partial charge in [0, 0.05) is 59.2 Å². The van der Waals surface area contributed by atoms with E-state index in [1.165, 1.54) is 6.92 Å². The largest absolute Gasteiger partial charge is 0.376 e. The zero-order chi connectivity index (χ0) is 15.9. The molecule has 2 rings (SSSR count). The lowest BCUT2D eigenvalue weighted by Crippen LogP contribution is -2.49. The maximum absolute atomic E-state index is 12.2. The molecule has 2 heterocycles. The van der Waals surface area contributed by atoms with Gasteiger partial charge in [0.1, 0.15) is 0 Å². The highest BCUT2D eigenvalue weighted by Gasteiger charge is 2.23. The van der Waals surface area contributed by atoms with Gasteiger partial charge >= 0.3 is 0 Å². The minimum Gasteiger partial charge on any atom is -0.376 e. The van der Waals surface area contributed by atoms with Crippen molar-refractivity contribution in [2.24, 2.45) is 0 Å². The van der Waals surface area contributed by atoms with Crippen LogP contribution in [0.25, 0.3) is 0 Å². The summed E-state index contributed by atoms with van der Waals surface area (Å²) in [5, 5.41) is 0. The summed E-state index contributed by atoms with van der Waals surface area (Å²) in [6.45, 7) is 5.61. The summed E-state index contributed by atoms with van der Waals surface area (Å²) in [4.78, 5) is 39.7. The summed E-state index contributed by atoms with van der Waals surface area (Å²) >= 11 is 0. The molecule has 2 fully saturated rings. The lowest BCUT2D eigenvalue weighted by molar-refractivity contribution is -0.137. The monoisotopic (exact) mass is 311 g/mol. The second-order valence-electron chi connectivity index (χ2n) is 5.87. The number of carbonyl (C=O) groups is 3. The van der Waals surface area contributed by atoms with E-state index >= 15 is 0 Å². The third-order valence-electron chi connectivity index (χ3n) is 4.30. The Hall–Kier alpha value is -1.63. The number of piperazine rings is 1. The van der Waals surface area contributed by atoms with Crippen molar-refractivity contribution in [2.75, 3.05) is 45.9 Å². The summed E-state index contributed by atoms with van der Waals surface area (Å²) in [5.41, 5.74) is 0. The summed E-state index contributed by atoms with van der Waals surface area (Å²) in [6, 6.07) is 0. The normalized spacial score (nSPS) is 21.8. The SMILES string of the molecule is CC(=O)N(CCC(=O)N1CCN(C=O)CC1)CC1CCCO1. The number of hydrogen-bond acceptors (Lipinski definition) is 4. The van der Waals surface area contributed by atoms with Crippen molar-refractivity contribution in [3.8, 4) is 0 Å². The van der Waals surface area contributed by atoms with Crippen LogP contribution >= 0.6 is 0 Å². The smallest absolute Gasteiger partial charge is 0.224 e. The second kappa shape index (κ2) is 8.12. The van der Waals surface area contributed by atoms with Crippen LogP contribution in [0, 0.1) is 0 Å². The fourth-order valence-electron chi connectivity index (χ4n) is 2.88. The number of amides is 3. The number of ether oxygens (including phenoxy) is 1. The zero-order valence-corrected chi connectivity index (χ0v) is 13.2. The molecule has 0 radical (unpaired) electrons. The highest BCUT2D eigenvalue weighted by Crippen LogP contribution is 2.14. The molecule has 2 aliphatic rings. The van der Waals surface area contributed by atoms with Gasteiger partial charge in [0.2, 0.25) is 18.2 Å². The molecular weight excluding hydrogens is 286 g/mol. The van der Waals surface area contributed by atoms with Crippen LogP contribution in [0.15, 0.2) is 0 Å². The van der Waals surface area contributed by atoms with Crippen molar-refractivity contribution in [3.05, 3.63) is 0 Å². The van der Waals surface area contributed by atoms with E-state index in [4.69, 9.17) is 4.74 Å². The molecule has 0 spiro atoms. The van der Waals surface area contributed by atoms with Crippen molar-refractivity contribution in [1.29, 1.82) is 0 Å². The standard InChI is InChI=1S/C15H25N3O4/c1-13(20)18(11-14-3-2-10-22-14)5-4-15(21)17-8-6-16(12-19)7-9-17/h12,14H,2-11H2,1H3. The van der Waals surface area contributed by atoms with Gasteiger partial charge in [-0.05, 0) is 12.8 Å². The van der Waals surface area contributed by atoms with Crippen molar-refractivity contribution in [3.63, 3.8) is 0 Å². The van der Waals surface area contributed by atoms with Crippen LogP contribution in [-0.4, -0.2) is 84.9 Å². The molecule has 0 aromatic heterocycles. The van der Waals surface area contributed by atoms with Crippen LogP contribution in [0.4, 0.5) is 0 Å². The predicted molar refractivity (Wildman–Crippen MR) is 80.1 cm³/mol. The minimum absolute atomic E-state index is 0.0194. The van der Waals surface area contributed by atoms with Crippen molar-refractivity contribution >= 4 is 18.2 Å². The number of rotatable bonds is 6. The first kappa shape index (κ1) is 16.7. The van der Waals surface area contributed by atoms with E-state index in [-0.39, 0.29) is 17.9 Å². The first-order chi connectivity index (χ1) is 10.6. The van der Waals surface area contributed by atoms with Gasteiger partial charge in [0.05, 0.1) is 6.10 Å². The van der Waals surface area contributed by atoms with Gasteiger partial charge in [-0.15, -0.1) is 0 Å². The molecule has 0 N–H and O–H groups in total. The Labute approximate surface area is 131 Å². The molecule has 0 aromatic carbocycles. The van der Waals surface area contributed by atoms with Gasteiger partial charge in [-0.1, -0.05) is 0 Å². The molecule has 0 bridgehead atoms. The fraction of sp³-hybridized carbons (Fsp3) is 0.800. The Kier molecular flexibility index (Phi) is 6.18. The van der Waals surface area contributed by atoms with E-state index in [1.54, 1.807) is 14.7 Å². The molecule has 22 heavy (non-hydrogen) atoms. The molecule has 0 aliphatic carbocycles. The zero-order valence-electron chi connectivity index (χ0n) is 13.2. The summed E-state index contributed by atoms with van der Waals surface area (Å²) < 4.78 is 5.55. The molecule has 7 heteroatoms. The van der Waals surface area contributed by atoms with E-state index in [1.807, 2.05) is 0 Å². The molecule has 0 aromatic rings. The second-order valence-corrected chi connectivity index (χ2v) is 5.87. The lowest BCUT2D eigenvalue weighted by Gasteiger charge is -2.33. The average Bonchev–Trinajstić information content (AvgIpc) is 3.04. The van der Waals surface area contributed by atoms with Gasteiger partial charge in [-0.3, -0.25) is 14.4 Å². The summed E-state index contributed by atoms with van der Waals surface area (Å²) in [5.74, 6) is 0.0261. The van der Waals surface area contributed by atoms with E-state index in [0.29, 0.717) is 45.7 Å². The van der Waals surface area contributed by atoms with Crippen LogP contribution in [0.2, 0.25) is 0 Å². The molecular formula is C15H25N3O4. The highest BCUT2D eigenvalue weighted by molar-refractivity contribution is 5.78. The van der Waals surface area contributed by atoms with Crippen LogP contribution in [0.5, 0.6) is 0 Å². The number of nitrogens with zero attached hydrogens (tertiary/aromatic N) is 3. The molecule has 1 unspecified atom stereocenters. The maximum atomic E-state index is 12.2. The number of hydrogen-bond donors (Lipinski definition) is 0. The van der Waals surface area contributed by atoms with E-state index < -0.39 is 0 Å². The van der Waals surface area contributed by atoms with Gasteiger partial charge in [0.25, 0.3) is 0 Å². The van der Waals surface area contributed by atoms with Gasteiger partial charge in [-0.25, -0.2) is 0 Å². The molecule has 7 nitrogen and oxygen atoms in total. The summed E-state index contributed by atoms with van der Waals surface area (Å²) in [7, 11) is 0. The van der Waals surface area contributed by atoms with Gasteiger partial charge < -0.3 is 19.4 Å². The third-order valence-corrected chi connectivity index (χ3v) is 4.30. The maximum Gasteiger partial charge on any atom is 0.224 e. The quantitative estimate of drug-likeness (QED) is 0.632. The minimum atomic E-state index is -0.0194. The van der Waals surface area contributed by atoms with Crippen LogP contribution in [0.1, 0.15) is 26.2 Å². The Morgan fingerprint density at radius 2 is 2.00 bits per heavy atom. The van der Waals surface area contributed by atoms with E-state index in [0.717, 1.165) is 25.9 Å². The Morgan fingerprint density at radius 1 is 1.27 bits per heavy atom. The Balaban J connectivity index is 1.75. The van der Waals surface area contributed by atoms with Crippen molar-refractivity contribution < 1.29 is 19.1 Å². The van der Waals surface area contributed by atoms with Crippen molar-refractivity contribution in [2.45, 2.75) is 32.3 Å². The van der Waals surface area contributed by atoms with Crippen LogP contribution in [0.3, 0.4) is 0 Å². The molecule has 1 atom stereocenters. The van der Waals surface area contributed by atoms with Gasteiger partial charge in [-0.2, -0.15) is 0 Å². The topological polar surface area (TPSA) is 70.2 Å². The first-order valence-electron chi connectivity index (χ1n) is 7.94. The highest BCUT2D eigenvalue weighted by atomic mass is 16.5. The summed E-state index contributed by atoms with van der Waals surface area (Å²) in [6.07, 6.45) is 3.27. The third kappa shape index (κ3) is 4.69. The van der Waals surface area contributed by atoms with Gasteiger partial charge in [0.15, 0.2) is 0 Å². The Bertz CT molecular complexity index is 402. The molecule has 2 aliphatic heterocycles. The Morgan fingerprint density at radius 3 is 2.55 bits per heavy atom. The molecule has 2 saturated heterocycles. The predicted octanol–water partition coefficient (Wildman–Crippen LogP) is -0.295. The molecule has 124 valence electrons. The lowest BCUT2D eigenvalue weighted by atomic mass is 10.2. The first-order valence-corrected chi connectivity index (χ1v) is 7.94. The van der Waals surface area contributed by atoms with Crippen LogP contribution in [-0.2, 0) is 19.1 Å². The molecule has 0 saturated carbocycles. The van der Waals surface area contributed by atoms with Crippen molar-refractivity contribution in [1.82, 2.24) is 14.7 Å². The van der Waals surface area contributed by atoms with Crippen LogP contribution < -0.4 is 0 Å². The van der Waals surface area contributed by atoms with E-state index in [2.05, 4.69) is 0 Å². The molecule has 3 amide bonds. The average molecular weight is 311 g/mol.